The number of carboxylic acids is 1. The maximum absolute atomic E-state index is 12.0. The Bertz CT molecular complexity index is 1510. The Morgan fingerprint density at radius 1 is 1.16 bits per heavy atom. The molecule has 0 amide bonds. The molecule has 0 saturated heterocycles. The van der Waals surface area contributed by atoms with Crippen molar-refractivity contribution in [2.24, 2.45) is 0 Å². The Labute approximate surface area is 221 Å². The maximum atomic E-state index is 12.0. The molecule has 1 aromatic heterocycles. The Balaban J connectivity index is 1.39. The number of nitrogens with one attached hydrogen (secondary N) is 1. The molecule has 2 unspecified atom stereocenters. The Morgan fingerprint density at radius 3 is 2.82 bits per heavy atom. The zero-order valence-corrected chi connectivity index (χ0v) is 21.9. The summed E-state index contributed by atoms with van der Waals surface area (Å²) in [5, 5.41) is 20.9. The van der Waals surface area contributed by atoms with Gasteiger partial charge in [0.15, 0.2) is 5.52 Å². The minimum atomic E-state index is -0.853. The van der Waals surface area contributed by atoms with Crippen LogP contribution in [0.15, 0.2) is 54.6 Å². The Kier molecular flexibility index (Phi) is 6.07. The van der Waals surface area contributed by atoms with Crippen LogP contribution in [0.3, 0.4) is 0 Å². The number of para-hydroxylation sites is 1. The van der Waals surface area contributed by atoms with Crippen LogP contribution >= 0.6 is 0 Å². The highest BCUT2D eigenvalue weighted by atomic mass is 16.5. The Morgan fingerprint density at radius 2 is 2.00 bits per heavy atom. The molecular weight excluding hydrogens is 480 g/mol. The van der Waals surface area contributed by atoms with Gasteiger partial charge < -0.3 is 14.6 Å². The zero-order valence-electron chi connectivity index (χ0n) is 21.9. The van der Waals surface area contributed by atoms with Gasteiger partial charge in [0.1, 0.15) is 22.6 Å². The highest BCUT2D eigenvalue weighted by Gasteiger charge is 2.36. The number of carbonyl (C=O) groups is 1. The molecule has 1 aliphatic heterocycles. The lowest BCUT2D eigenvalue weighted by Crippen LogP contribution is -2.41. The van der Waals surface area contributed by atoms with Gasteiger partial charge in [0.2, 0.25) is 0 Å². The number of hydrogen-bond donors (Lipinski definition) is 2. The van der Waals surface area contributed by atoms with E-state index in [-0.39, 0.29) is 24.0 Å². The van der Waals surface area contributed by atoms with E-state index < -0.39 is 5.97 Å². The van der Waals surface area contributed by atoms with E-state index in [9.17, 15) is 9.90 Å². The monoisotopic (exact) mass is 512 g/mol. The lowest BCUT2D eigenvalue weighted by atomic mass is 9.86. The molecule has 3 aromatic carbocycles. The summed E-state index contributed by atoms with van der Waals surface area (Å²) in [5.41, 5.74) is 6.58. The van der Waals surface area contributed by atoms with Crippen LogP contribution < -0.4 is 9.47 Å². The third kappa shape index (κ3) is 4.49. The second-order valence-electron chi connectivity index (χ2n) is 11.0. The number of methoxy groups -OCH3 is 1. The fourth-order valence-electron chi connectivity index (χ4n) is 6.14. The summed E-state index contributed by atoms with van der Waals surface area (Å²) >= 11 is 0. The number of rotatable bonds is 6. The molecular formula is C30H32N4O4. The van der Waals surface area contributed by atoms with Gasteiger partial charge >= 0.3 is 5.97 Å². The number of aromatic nitrogens is 3. The third-order valence-electron chi connectivity index (χ3n) is 7.79. The topological polar surface area (TPSA) is 101 Å². The van der Waals surface area contributed by atoms with Crippen molar-refractivity contribution >= 4 is 17.0 Å². The summed E-state index contributed by atoms with van der Waals surface area (Å²) in [4.78, 5) is 14.5. The third-order valence-corrected chi connectivity index (χ3v) is 7.79. The van der Waals surface area contributed by atoms with Gasteiger partial charge in [-0.15, -0.1) is 0 Å². The number of carboxylic acid groups (broad SMARTS) is 1. The van der Waals surface area contributed by atoms with E-state index in [0.29, 0.717) is 16.8 Å². The van der Waals surface area contributed by atoms with Crippen molar-refractivity contribution in [1.82, 2.24) is 20.3 Å². The summed E-state index contributed by atoms with van der Waals surface area (Å²) in [6, 6.07) is 18.8. The van der Waals surface area contributed by atoms with Gasteiger partial charge in [-0.3, -0.25) is 9.69 Å². The Hall–Kier alpha value is -3.91. The summed E-state index contributed by atoms with van der Waals surface area (Å²) in [5.74, 6) is 0.324. The van der Waals surface area contributed by atoms with Crippen LogP contribution in [0.5, 0.6) is 11.5 Å². The number of benzene rings is 3. The van der Waals surface area contributed by atoms with Crippen LogP contribution in [-0.4, -0.2) is 50.6 Å². The van der Waals surface area contributed by atoms with Gasteiger partial charge in [0.25, 0.3) is 0 Å². The summed E-state index contributed by atoms with van der Waals surface area (Å²) in [7, 11) is 1.59. The number of nitrogens with zero attached hydrogens (tertiary/aromatic N) is 3. The first-order valence-electron chi connectivity index (χ1n) is 13.1. The van der Waals surface area contributed by atoms with Gasteiger partial charge in [-0.2, -0.15) is 15.4 Å². The van der Waals surface area contributed by atoms with Crippen LogP contribution in [0.25, 0.3) is 11.0 Å². The number of aromatic amines is 1. The average Bonchev–Trinajstić information content (AvgIpc) is 3.50. The molecule has 8 nitrogen and oxygen atoms in total. The second-order valence-corrected chi connectivity index (χ2v) is 11.0. The number of hydrogen-bond acceptors (Lipinski definition) is 6. The maximum Gasteiger partial charge on any atom is 0.304 e. The lowest BCUT2D eigenvalue weighted by molar-refractivity contribution is -0.137. The van der Waals surface area contributed by atoms with Gasteiger partial charge in [-0.1, -0.05) is 36.4 Å². The van der Waals surface area contributed by atoms with Crippen LogP contribution in [0.2, 0.25) is 0 Å². The van der Waals surface area contributed by atoms with E-state index in [0.717, 1.165) is 42.8 Å². The standard InChI is InChI=1S/C30H32N4O4/c1-30(2)17-34(16-20-6-4-5-7-26(20)38-30)25-11-10-18-8-9-19(12-23(18)25)22(15-28(35)36)21-13-24-29(32-33-31-24)27(14-21)37-3/h4-9,12-14,22,25H,10-11,15-17H2,1-3H3,(H,35,36)(H,31,32,33). The molecule has 2 heterocycles. The number of aliphatic carboxylic acids is 1. The molecule has 0 saturated carbocycles. The minimum Gasteiger partial charge on any atom is -0.494 e. The summed E-state index contributed by atoms with van der Waals surface area (Å²) < 4.78 is 12.0. The number of fused-ring (bicyclic) bond motifs is 3. The normalized spacial score (nSPS) is 19.3. The van der Waals surface area contributed by atoms with Crippen LogP contribution in [0, 0.1) is 0 Å². The van der Waals surface area contributed by atoms with Crippen molar-refractivity contribution in [2.45, 2.75) is 57.2 Å². The first-order valence-corrected chi connectivity index (χ1v) is 13.1. The van der Waals surface area contributed by atoms with E-state index in [1.807, 2.05) is 18.2 Å². The van der Waals surface area contributed by atoms with Crippen molar-refractivity contribution in [2.75, 3.05) is 13.7 Å². The molecule has 2 atom stereocenters. The molecule has 196 valence electrons. The second kappa shape index (κ2) is 9.44. The zero-order chi connectivity index (χ0) is 26.4. The quantitative estimate of drug-likeness (QED) is 0.365. The molecule has 0 fully saturated rings. The van der Waals surface area contributed by atoms with Crippen LogP contribution in [0.1, 0.15) is 66.5 Å². The van der Waals surface area contributed by atoms with E-state index in [1.165, 1.54) is 16.7 Å². The predicted molar refractivity (Wildman–Crippen MR) is 144 cm³/mol. The van der Waals surface area contributed by atoms with Crippen LogP contribution in [0.4, 0.5) is 0 Å². The molecule has 38 heavy (non-hydrogen) atoms. The highest BCUT2D eigenvalue weighted by molar-refractivity contribution is 5.82. The van der Waals surface area contributed by atoms with Crippen molar-refractivity contribution in [3.05, 3.63) is 82.4 Å². The molecule has 2 N–H and O–H groups in total. The summed E-state index contributed by atoms with van der Waals surface area (Å²) in [6.07, 6.45) is 2.00. The fourth-order valence-corrected chi connectivity index (χ4v) is 6.14. The van der Waals surface area contributed by atoms with Gasteiger partial charge in [-0.05, 0) is 67.1 Å². The van der Waals surface area contributed by atoms with E-state index >= 15 is 0 Å². The van der Waals surface area contributed by atoms with Crippen molar-refractivity contribution in [3.8, 4) is 11.5 Å². The van der Waals surface area contributed by atoms with Crippen molar-refractivity contribution < 1.29 is 19.4 Å². The average molecular weight is 513 g/mol. The molecule has 0 radical (unpaired) electrons. The number of aryl methyl sites for hydroxylation is 1. The van der Waals surface area contributed by atoms with E-state index in [4.69, 9.17) is 9.47 Å². The lowest BCUT2D eigenvalue weighted by Gasteiger charge is -2.34. The highest BCUT2D eigenvalue weighted by Crippen LogP contribution is 2.43. The number of H-pyrrole nitrogens is 1. The van der Waals surface area contributed by atoms with Gasteiger partial charge in [0, 0.05) is 30.6 Å². The van der Waals surface area contributed by atoms with Crippen molar-refractivity contribution in [1.29, 1.82) is 0 Å². The fraction of sp³-hybridized carbons (Fsp3) is 0.367. The molecule has 0 spiro atoms. The molecule has 0 bridgehead atoms. The summed E-state index contributed by atoms with van der Waals surface area (Å²) in [6.45, 7) is 5.90. The predicted octanol–water partition coefficient (Wildman–Crippen LogP) is 5.23. The number of ether oxygens (including phenoxy) is 2. The molecule has 6 rings (SSSR count). The minimum absolute atomic E-state index is 0.0338. The van der Waals surface area contributed by atoms with E-state index in [1.54, 1.807) is 7.11 Å². The van der Waals surface area contributed by atoms with Gasteiger partial charge in [0.05, 0.1) is 13.5 Å². The largest absolute Gasteiger partial charge is 0.494 e. The van der Waals surface area contributed by atoms with Crippen LogP contribution in [-0.2, 0) is 17.8 Å². The first-order chi connectivity index (χ1) is 18.3. The SMILES string of the molecule is COc1cc(C(CC(=O)O)c2ccc3c(c2)C(N2Cc4ccccc4OC(C)(C)C2)CC3)cc2n[nH]nc12. The molecule has 8 heteroatoms. The smallest absolute Gasteiger partial charge is 0.304 e. The first kappa shape index (κ1) is 24.4. The molecule has 1 aliphatic carbocycles. The van der Waals surface area contributed by atoms with E-state index in [2.05, 4.69) is 70.6 Å². The van der Waals surface area contributed by atoms with Gasteiger partial charge in [-0.25, -0.2) is 0 Å². The molecule has 4 aromatic rings. The van der Waals surface area contributed by atoms with Crippen molar-refractivity contribution in [3.63, 3.8) is 0 Å². The molecule has 2 aliphatic rings.